The summed E-state index contributed by atoms with van der Waals surface area (Å²) in [7, 11) is 0. The van der Waals surface area contributed by atoms with E-state index in [0.717, 1.165) is 57.8 Å². The average Bonchev–Trinajstić information content (AvgIpc) is 3.40. The van der Waals surface area contributed by atoms with Crippen molar-refractivity contribution < 1.29 is 28.6 Å². The Kier molecular flexibility index (Phi) is 61.6. The fourth-order valence-corrected chi connectivity index (χ4v) is 10.1. The summed E-state index contributed by atoms with van der Waals surface area (Å²) < 4.78 is 17.0. The number of carbonyl (C=O) groups excluding carboxylic acids is 3. The van der Waals surface area contributed by atoms with Crippen molar-refractivity contribution in [3.63, 3.8) is 0 Å². The predicted octanol–water partition coefficient (Wildman–Crippen LogP) is 22.6. The van der Waals surface area contributed by atoms with E-state index in [-0.39, 0.29) is 31.1 Å². The van der Waals surface area contributed by atoms with Crippen molar-refractivity contribution in [3.8, 4) is 0 Å². The summed E-state index contributed by atoms with van der Waals surface area (Å²) in [5.74, 6) is -0.845. The van der Waals surface area contributed by atoms with Gasteiger partial charge >= 0.3 is 17.9 Å². The number of hydrogen-bond donors (Lipinski definition) is 0. The molecule has 0 N–H and O–H groups in total. The number of ether oxygens (including phenoxy) is 3. The smallest absolute Gasteiger partial charge is 0.306 e. The zero-order valence-corrected chi connectivity index (χ0v) is 50.1. The van der Waals surface area contributed by atoms with Gasteiger partial charge in [-0.15, -0.1) is 0 Å². The van der Waals surface area contributed by atoms with Crippen LogP contribution in [0.2, 0.25) is 0 Å². The van der Waals surface area contributed by atoms with E-state index in [9.17, 15) is 14.4 Å². The van der Waals surface area contributed by atoms with Crippen LogP contribution in [-0.4, -0.2) is 37.2 Å². The van der Waals surface area contributed by atoms with Gasteiger partial charge in [-0.25, -0.2) is 0 Å². The Balaban J connectivity index is 4.31. The molecule has 0 saturated heterocycles. The maximum absolute atomic E-state index is 12.9. The summed E-state index contributed by atoms with van der Waals surface area (Å²) in [6, 6.07) is 0. The molecule has 0 saturated carbocycles. The van der Waals surface area contributed by atoms with E-state index in [1.807, 2.05) is 0 Å². The first-order valence-corrected chi connectivity index (χ1v) is 33.3. The van der Waals surface area contributed by atoms with E-state index in [4.69, 9.17) is 14.2 Å². The molecule has 0 heterocycles. The highest BCUT2D eigenvalue weighted by Crippen LogP contribution is 2.18. The second kappa shape index (κ2) is 63.4. The zero-order valence-electron chi connectivity index (χ0n) is 50.1. The Morgan fingerprint density at radius 1 is 0.257 bits per heavy atom. The van der Waals surface area contributed by atoms with Crippen LogP contribution in [-0.2, 0) is 28.6 Å². The number of esters is 3. The van der Waals surface area contributed by atoms with Crippen LogP contribution in [0.25, 0.3) is 0 Å². The van der Waals surface area contributed by atoms with Gasteiger partial charge in [-0.3, -0.25) is 14.4 Å². The van der Waals surface area contributed by atoms with Gasteiger partial charge in [0.15, 0.2) is 6.10 Å². The summed E-state index contributed by atoms with van der Waals surface area (Å²) in [4.78, 5) is 38.4. The second-order valence-corrected chi connectivity index (χ2v) is 22.7. The predicted molar refractivity (Wildman–Crippen MR) is 321 cm³/mol. The van der Waals surface area contributed by atoms with Gasteiger partial charge in [0, 0.05) is 19.3 Å². The Morgan fingerprint density at radius 2 is 0.446 bits per heavy atom. The molecule has 0 rings (SSSR count). The van der Waals surface area contributed by atoms with Gasteiger partial charge in [0.25, 0.3) is 0 Å². The minimum absolute atomic E-state index is 0.0680. The summed E-state index contributed by atoms with van der Waals surface area (Å²) in [5, 5.41) is 0. The molecule has 1 atom stereocenters. The standard InChI is InChI=1S/C68H128O6/c1-4-7-10-13-16-19-22-25-28-31-33-35-37-40-43-46-49-52-55-58-61-67(70)73-64-65(63-72-66(69)60-57-54-51-48-45-42-39-36-30-27-24-21-18-15-12-9-6-3)74-68(71)62-59-56-53-50-47-44-41-38-34-32-29-26-23-20-17-14-11-8-5-2/h26-27,29-30,65H,4-25,28,31-64H2,1-3H3/b29-26-,30-27-. The normalized spacial score (nSPS) is 12.1. The molecular formula is C68H128O6. The molecule has 0 aromatic rings. The van der Waals surface area contributed by atoms with Crippen molar-refractivity contribution in [3.05, 3.63) is 24.3 Å². The Morgan fingerprint density at radius 3 is 0.676 bits per heavy atom. The Bertz CT molecular complexity index is 1190. The van der Waals surface area contributed by atoms with Crippen LogP contribution in [0.4, 0.5) is 0 Å². The molecule has 0 aromatic carbocycles. The van der Waals surface area contributed by atoms with E-state index in [0.29, 0.717) is 19.3 Å². The fraction of sp³-hybridized carbons (Fsp3) is 0.897. The number of allylic oxidation sites excluding steroid dienone is 4. The lowest BCUT2D eigenvalue weighted by molar-refractivity contribution is -0.167. The van der Waals surface area contributed by atoms with Crippen molar-refractivity contribution in [2.45, 2.75) is 380 Å². The van der Waals surface area contributed by atoms with Crippen molar-refractivity contribution >= 4 is 17.9 Å². The summed E-state index contributed by atoms with van der Waals surface area (Å²) >= 11 is 0. The number of rotatable bonds is 62. The van der Waals surface area contributed by atoms with Crippen LogP contribution in [0, 0.1) is 0 Å². The van der Waals surface area contributed by atoms with Gasteiger partial charge in [0.05, 0.1) is 0 Å². The van der Waals surface area contributed by atoms with Gasteiger partial charge in [-0.1, -0.05) is 308 Å². The lowest BCUT2D eigenvalue weighted by Crippen LogP contribution is -2.30. The third kappa shape index (κ3) is 60.8. The largest absolute Gasteiger partial charge is 0.462 e. The lowest BCUT2D eigenvalue weighted by atomic mass is 10.0. The molecule has 436 valence electrons. The summed E-state index contributed by atoms with van der Waals surface area (Å²) in [5.41, 5.74) is 0. The molecule has 0 aliphatic carbocycles. The molecule has 6 nitrogen and oxygen atoms in total. The molecule has 6 heteroatoms. The highest BCUT2D eigenvalue weighted by Gasteiger charge is 2.19. The number of hydrogen-bond acceptors (Lipinski definition) is 6. The highest BCUT2D eigenvalue weighted by atomic mass is 16.6. The van der Waals surface area contributed by atoms with E-state index in [1.54, 1.807) is 0 Å². The second-order valence-electron chi connectivity index (χ2n) is 22.7. The lowest BCUT2D eigenvalue weighted by Gasteiger charge is -2.18. The van der Waals surface area contributed by atoms with Crippen LogP contribution in [0.5, 0.6) is 0 Å². The van der Waals surface area contributed by atoms with Crippen LogP contribution in [0.3, 0.4) is 0 Å². The monoisotopic (exact) mass is 1040 g/mol. The third-order valence-corrected chi connectivity index (χ3v) is 15.2. The van der Waals surface area contributed by atoms with E-state index in [2.05, 4.69) is 45.1 Å². The van der Waals surface area contributed by atoms with Crippen molar-refractivity contribution in [2.24, 2.45) is 0 Å². The van der Waals surface area contributed by atoms with Crippen LogP contribution in [0.15, 0.2) is 24.3 Å². The Labute approximate surface area is 462 Å². The van der Waals surface area contributed by atoms with E-state index in [1.165, 1.54) is 276 Å². The van der Waals surface area contributed by atoms with Crippen molar-refractivity contribution in [1.82, 2.24) is 0 Å². The first-order chi connectivity index (χ1) is 36.5. The number of carbonyl (C=O) groups is 3. The molecule has 0 aromatic heterocycles. The van der Waals surface area contributed by atoms with Gasteiger partial charge in [-0.05, 0) is 70.6 Å². The van der Waals surface area contributed by atoms with Crippen LogP contribution < -0.4 is 0 Å². The molecule has 74 heavy (non-hydrogen) atoms. The van der Waals surface area contributed by atoms with Crippen LogP contribution in [0.1, 0.15) is 374 Å². The van der Waals surface area contributed by atoms with Crippen molar-refractivity contribution in [1.29, 1.82) is 0 Å². The molecule has 0 aliphatic rings. The van der Waals surface area contributed by atoms with Crippen molar-refractivity contribution in [2.75, 3.05) is 13.2 Å². The minimum Gasteiger partial charge on any atom is -0.462 e. The maximum Gasteiger partial charge on any atom is 0.306 e. The zero-order chi connectivity index (χ0) is 53.6. The summed E-state index contributed by atoms with van der Waals surface area (Å²) in [6.07, 6.45) is 76.1. The summed E-state index contributed by atoms with van der Waals surface area (Å²) in [6.45, 7) is 6.70. The highest BCUT2D eigenvalue weighted by molar-refractivity contribution is 5.71. The molecule has 0 aliphatic heterocycles. The van der Waals surface area contributed by atoms with Gasteiger partial charge in [0.2, 0.25) is 0 Å². The third-order valence-electron chi connectivity index (χ3n) is 15.2. The molecule has 0 amide bonds. The quantitative estimate of drug-likeness (QED) is 0.0261. The first-order valence-electron chi connectivity index (χ1n) is 33.3. The minimum atomic E-state index is -0.772. The number of unbranched alkanes of at least 4 members (excludes halogenated alkanes) is 47. The molecule has 1 unspecified atom stereocenters. The molecule has 0 spiro atoms. The molecule has 0 radical (unpaired) electrons. The Hall–Kier alpha value is -2.11. The first kappa shape index (κ1) is 71.9. The van der Waals surface area contributed by atoms with E-state index < -0.39 is 6.10 Å². The fourth-order valence-electron chi connectivity index (χ4n) is 10.1. The molecular weight excluding hydrogens is 913 g/mol. The van der Waals surface area contributed by atoms with E-state index >= 15 is 0 Å². The topological polar surface area (TPSA) is 78.9 Å². The van der Waals surface area contributed by atoms with Crippen LogP contribution >= 0.6 is 0 Å². The van der Waals surface area contributed by atoms with Gasteiger partial charge in [-0.2, -0.15) is 0 Å². The van der Waals surface area contributed by atoms with Gasteiger partial charge in [0.1, 0.15) is 13.2 Å². The maximum atomic E-state index is 12.9. The average molecular weight is 1040 g/mol. The molecule has 0 fully saturated rings. The molecule has 0 bridgehead atoms. The van der Waals surface area contributed by atoms with Gasteiger partial charge < -0.3 is 14.2 Å². The SMILES string of the molecule is CCCCCCCC/C=C\CCCCCCCCCCCC(=O)OC(COC(=O)CCCCCCCCC/C=C\CCCCCCCC)COC(=O)CCCCCCCCCCCCCCCCCCCCCC.